The van der Waals surface area contributed by atoms with Crippen LogP contribution in [-0.4, -0.2) is 58.2 Å². The van der Waals surface area contributed by atoms with Gasteiger partial charge >= 0.3 is 6.03 Å². The van der Waals surface area contributed by atoms with E-state index in [4.69, 9.17) is 15.8 Å². The molecule has 38 heavy (non-hydrogen) atoms. The fourth-order valence-electron chi connectivity index (χ4n) is 4.01. The maximum absolute atomic E-state index is 14.9. The molecule has 0 aromatic heterocycles. The maximum Gasteiger partial charge on any atom is 0.366 e. The maximum atomic E-state index is 14.9. The van der Waals surface area contributed by atoms with Crippen LogP contribution in [0.2, 0.25) is 0 Å². The van der Waals surface area contributed by atoms with Crippen LogP contribution < -0.4 is 5.73 Å². The predicted octanol–water partition coefficient (Wildman–Crippen LogP) is 4.82. The van der Waals surface area contributed by atoms with Gasteiger partial charge in [-0.15, -0.1) is 4.99 Å². The Morgan fingerprint density at radius 2 is 2.00 bits per heavy atom. The molecule has 1 unspecified atom stereocenters. The number of hydrogen-bond donors (Lipinski definition) is 1. The second kappa shape index (κ2) is 12.7. The van der Waals surface area contributed by atoms with Crippen molar-refractivity contribution in [3.8, 4) is 6.19 Å². The average Bonchev–Trinajstić information content (AvgIpc) is 3.29. The van der Waals surface area contributed by atoms with Crippen molar-refractivity contribution < 1.29 is 18.4 Å². The van der Waals surface area contributed by atoms with Crippen LogP contribution in [0.5, 0.6) is 0 Å². The number of aliphatic imine (C=N–C) groups is 1. The molecular weight excluding hydrogens is 512 g/mol. The van der Waals surface area contributed by atoms with E-state index in [0.717, 1.165) is 23.8 Å². The minimum atomic E-state index is -1.11. The van der Waals surface area contributed by atoms with Crippen molar-refractivity contribution in [1.82, 2.24) is 15.0 Å². The molecule has 12 heteroatoms. The molecule has 0 aliphatic carbocycles. The lowest BCUT2D eigenvalue weighted by atomic mass is 10.00. The number of rotatable bonds is 9. The molecule has 2 amide bonds. The number of carbonyl (C=O) groups is 1. The van der Waals surface area contributed by atoms with E-state index in [2.05, 4.69) is 10.1 Å². The number of amides is 2. The number of nitriles is 1. The molecule has 1 heterocycles. The number of thioether (sulfide) groups is 1. The van der Waals surface area contributed by atoms with Gasteiger partial charge in [0.2, 0.25) is 12.2 Å². The zero-order valence-corrected chi connectivity index (χ0v) is 22.6. The van der Waals surface area contributed by atoms with E-state index < -0.39 is 22.5 Å². The van der Waals surface area contributed by atoms with Crippen molar-refractivity contribution in [1.29, 1.82) is 5.26 Å². The average molecular weight is 544 g/mol. The van der Waals surface area contributed by atoms with E-state index in [1.807, 2.05) is 44.2 Å². The number of halogens is 2. The van der Waals surface area contributed by atoms with Gasteiger partial charge in [-0.3, -0.25) is 4.84 Å². The smallest absolute Gasteiger partial charge is 0.366 e. The number of nitrogens with zero attached hydrogens (tertiary/aromatic N) is 6. The third-order valence-electron chi connectivity index (χ3n) is 5.85. The number of hydrazone groups is 1. The molecule has 202 valence electrons. The Labute approximate surface area is 225 Å². The van der Waals surface area contributed by atoms with Crippen molar-refractivity contribution >= 4 is 28.8 Å². The molecule has 0 fully saturated rings. The van der Waals surface area contributed by atoms with Gasteiger partial charge in [-0.2, -0.15) is 20.4 Å². The first kappa shape index (κ1) is 28.9. The lowest BCUT2D eigenvalue weighted by molar-refractivity contribution is -0.143. The van der Waals surface area contributed by atoms with Crippen molar-refractivity contribution in [3.63, 3.8) is 0 Å². The number of benzene rings is 2. The van der Waals surface area contributed by atoms with E-state index in [-0.39, 0.29) is 29.2 Å². The fourth-order valence-corrected chi connectivity index (χ4v) is 5.42. The summed E-state index contributed by atoms with van der Waals surface area (Å²) < 4.78 is 29.0. The fraction of sp³-hybridized carbons (Fsp3) is 0.385. The highest BCUT2D eigenvalue weighted by Crippen LogP contribution is 2.51. The molecule has 2 aromatic rings. The Morgan fingerprint density at radius 3 is 2.63 bits per heavy atom. The third-order valence-corrected chi connectivity index (χ3v) is 7.30. The summed E-state index contributed by atoms with van der Waals surface area (Å²) in [4.78, 5) is 23.7. The Morgan fingerprint density at radius 1 is 1.29 bits per heavy atom. The van der Waals surface area contributed by atoms with Crippen LogP contribution in [0.1, 0.15) is 44.7 Å². The highest BCUT2D eigenvalue weighted by molar-refractivity contribution is 8.15. The van der Waals surface area contributed by atoms with E-state index in [1.54, 1.807) is 25.1 Å². The summed E-state index contributed by atoms with van der Waals surface area (Å²) in [5.74, 6) is -1.21. The molecule has 1 atom stereocenters. The lowest BCUT2D eigenvalue weighted by Gasteiger charge is -2.39. The van der Waals surface area contributed by atoms with Gasteiger partial charge < -0.3 is 10.6 Å². The molecule has 2 N–H and O–H groups in total. The van der Waals surface area contributed by atoms with E-state index >= 15 is 0 Å². The molecule has 9 nitrogen and oxygen atoms in total. The topological polar surface area (TPSA) is 111 Å². The van der Waals surface area contributed by atoms with Crippen molar-refractivity contribution in [2.75, 3.05) is 20.2 Å². The Balaban J connectivity index is 2.11. The van der Waals surface area contributed by atoms with Gasteiger partial charge in [0.15, 0.2) is 0 Å². The van der Waals surface area contributed by atoms with Gasteiger partial charge in [0.1, 0.15) is 21.5 Å². The Hall–Kier alpha value is -3.69. The highest BCUT2D eigenvalue weighted by Gasteiger charge is 2.50. The van der Waals surface area contributed by atoms with Gasteiger partial charge in [-0.1, -0.05) is 42.1 Å². The zero-order valence-electron chi connectivity index (χ0n) is 21.8. The number of nitrogens with two attached hydrogens (primary N) is 1. The van der Waals surface area contributed by atoms with Gasteiger partial charge in [-0.05, 0) is 57.4 Å². The van der Waals surface area contributed by atoms with E-state index in [9.17, 15) is 13.6 Å². The van der Waals surface area contributed by atoms with Crippen LogP contribution in [-0.2, 0) is 9.71 Å². The summed E-state index contributed by atoms with van der Waals surface area (Å²) in [6.07, 6.45) is 2.52. The first-order valence-corrected chi connectivity index (χ1v) is 12.9. The number of urea groups is 1. The molecule has 1 aliphatic rings. The Kier molecular flexibility index (Phi) is 9.66. The van der Waals surface area contributed by atoms with Crippen LogP contribution >= 0.6 is 11.8 Å². The van der Waals surface area contributed by atoms with Crippen LogP contribution in [0.15, 0.2) is 58.6 Å². The second-order valence-electron chi connectivity index (χ2n) is 8.81. The van der Waals surface area contributed by atoms with Crippen molar-refractivity contribution in [2.45, 2.75) is 44.5 Å². The molecular formula is C26H31F2N7O2S. The first-order chi connectivity index (χ1) is 18.1. The quantitative estimate of drug-likeness (QED) is 0.210. The Bertz CT molecular complexity index is 1240. The van der Waals surface area contributed by atoms with Crippen LogP contribution in [0.3, 0.4) is 0 Å². The van der Waals surface area contributed by atoms with Crippen molar-refractivity contribution in [2.24, 2.45) is 15.8 Å². The molecule has 1 aliphatic heterocycles. The summed E-state index contributed by atoms with van der Waals surface area (Å²) in [7, 11) is 1.70. The normalized spacial score (nSPS) is 17.4. The minimum Gasteiger partial charge on any atom is -0.369 e. The van der Waals surface area contributed by atoms with Gasteiger partial charge in [0, 0.05) is 19.2 Å². The SMILES string of the molecule is CCON(C(=O)N1N=C(c2cc(F)ccc2F)SC1(CCCN(C)C(N)=NC#N)c1ccccc1)C(C)C. The minimum absolute atomic E-state index is 0.0411. The number of guanidine groups is 1. The van der Waals surface area contributed by atoms with E-state index in [1.165, 1.54) is 21.8 Å². The molecule has 3 rings (SSSR count). The number of hydrogen-bond acceptors (Lipinski definition) is 6. The standard InChI is InChI=1S/C26H31F2N7O2S/c1-5-37-34(18(2)3)25(36)35-26(19-10-7-6-8-11-19,14-9-15-33(4)24(30)31-17-29)38-23(32-35)21-16-20(27)12-13-22(21)28/h6-8,10-13,16,18H,5,9,14-15H2,1-4H3,(H2,30,31). The number of hydroxylamine groups is 2. The monoisotopic (exact) mass is 543 g/mol. The largest absolute Gasteiger partial charge is 0.369 e. The third kappa shape index (κ3) is 6.23. The predicted molar refractivity (Wildman–Crippen MR) is 144 cm³/mol. The van der Waals surface area contributed by atoms with E-state index in [0.29, 0.717) is 19.4 Å². The molecule has 0 spiro atoms. The van der Waals surface area contributed by atoms with Crippen molar-refractivity contribution in [3.05, 3.63) is 71.3 Å². The summed E-state index contributed by atoms with van der Waals surface area (Å²) in [5.41, 5.74) is 6.54. The molecule has 2 aromatic carbocycles. The lowest BCUT2D eigenvalue weighted by Crippen LogP contribution is -2.50. The summed E-state index contributed by atoms with van der Waals surface area (Å²) >= 11 is 1.17. The molecule has 0 saturated heterocycles. The van der Waals surface area contributed by atoms with Crippen LogP contribution in [0, 0.1) is 23.1 Å². The summed E-state index contributed by atoms with van der Waals surface area (Å²) in [6.45, 7) is 6.05. The first-order valence-electron chi connectivity index (χ1n) is 12.1. The molecule has 0 bridgehead atoms. The second-order valence-corrected chi connectivity index (χ2v) is 10.1. The zero-order chi connectivity index (χ0) is 27.9. The summed E-state index contributed by atoms with van der Waals surface area (Å²) in [5, 5.41) is 16.1. The number of carbonyl (C=O) groups excluding carboxylic acids is 1. The van der Waals surface area contributed by atoms with Gasteiger partial charge in [0.05, 0.1) is 12.6 Å². The highest BCUT2D eigenvalue weighted by atomic mass is 32.2. The van der Waals surface area contributed by atoms with Crippen LogP contribution in [0.4, 0.5) is 13.6 Å². The van der Waals surface area contributed by atoms with Gasteiger partial charge in [0.25, 0.3) is 0 Å². The molecule has 0 saturated carbocycles. The molecule has 0 radical (unpaired) electrons. The van der Waals surface area contributed by atoms with Crippen LogP contribution in [0.25, 0.3) is 0 Å². The van der Waals surface area contributed by atoms with Gasteiger partial charge in [-0.25, -0.2) is 13.6 Å². The summed E-state index contributed by atoms with van der Waals surface area (Å²) in [6, 6.07) is 11.5.